The molecule has 0 bridgehead atoms. The van der Waals surface area contributed by atoms with Crippen LogP contribution in [0.2, 0.25) is 0 Å². The predicted octanol–water partition coefficient (Wildman–Crippen LogP) is 0.0125. The molecular formula is C4H9N3S. The van der Waals surface area contributed by atoms with Crippen LogP contribution in [0, 0.1) is 0 Å². The monoisotopic (exact) mass is 131 g/mol. The fourth-order valence-corrected chi connectivity index (χ4v) is 1.25. The molecule has 0 saturated heterocycles. The van der Waals surface area contributed by atoms with E-state index in [4.69, 9.17) is 11.6 Å². The standard InChI is InChI=1S/C4H9N3S/c1-3-2-8-4(5)7(3)6/h2,4H,5-6H2,1H3. The van der Waals surface area contributed by atoms with Gasteiger partial charge < -0.3 is 5.73 Å². The number of hydrogen-bond acceptors (Lipinski definition) is 4. The van der Waals surface area contributed by atoms with E-state index in [0.29, 0.717) is 0 Å². The summed E-state index contributed by atoms with van der Waals surface area (Å²) in [5, 5.41) is 3.50. The number of allylic oxidation sites excluding steroid dienone is 1. The maximum Gasteiger partial charge on any atom is 0.143 e. The zero-order chi connectivity index (χ0) is 6.15. The molecule has 8 heavy (non-hydrogen) atoms. The van der Waals surface area contributed by atoms with Crippen LogP contribution >= 0.6 is 11.8 Å². The van der Waals surface area contributed by atoms with E-state index >= 15 is 0 Å². The third-order valence-electron chi connectivity index (χ3n) is 1.06. The van der Waals surface area contributed by atoms with E-state index in [0.717, 1.165) is 5.70 Å². The molecule has 46 valence electrons. The average Bonchev–Trinajstić information content (AvgIpc) is 1.98. The third kappa shape index (κ3) is 0.819. The van der Waals surface area contributed by atoms with Gasteiger partial charge in [0.25, 0.3) is 0 Å². The molecule has 1 aliphatic heterocycles. The van der Waals surface area contributed by atoms with E-state index in [-0.39, 0.29) is 5.50 Å². The van der Waals surface area contributed by atoms with Crippen molar-refractivity contribution in [3.05, 3.63) is 11.1 Å². The molecule has 0 fully saturated rings. The maximum absolute atomic E-state index is 5.48. The Labute approximate surface area is 52.7 Å². The molecule has 0 aromatic rings. The first-order chi connectivity index (χ1) is 3.72. The predicted molar refractivity (Wildman–Crippen MR) is 35.3 cm³/mol. The summed E-state index contributed by atoms with van der Waals surface area (Å²) in [5.74, 6) is 5.44. The molecular weight excluding hydrogens is 122 g/mol. The van der Waals surface area contributed by atoms with Crippen LogP contribution in [-0.2, 0) is 0 Å². The second-order valence-corrected chi connectivity index (χ2v) is 2.68. The van der Waals surface area contributed by atoms with Gasteiger partial charge in [-0.1, -0.05) is 11.8 Å². The maximum atomic E-state index is 5.48. The van der Waals surface area contributed by atoms with Crippen LogP contribution in [0.4, 0.5) is 0 Å². The molecule has 1 unspecified atom stereocenters. The number of rotatable bonds is 0. The fourth-order valence-electron chi connectivity index (χ4n) is 0.495. The van der Waals surface area contributed by atoms with Gasteiger partial charge in [-0.05, 0) is 12.3 Å². The summed E-state index contributed by atoms with van der Waals surface area (Å²) in [6.45, 7) is 1.93. The molecule has 0 aliphatic carbocycles. The molecule has 4 N–H and O–H groups in total. The Hall–Kier alpha value is -0.190. The lowest BCUT2D eigenvalue weighted by molar-refractivity contribution is 0.352. The van der Waals surface area contributed by atoms with Crippen molar-refractivity contribution < 1.29 is 0 Å². The molecule has 1 aliphatic rings. The van der Waals surface area contributed by atoms with Crippen LogP contribution in [0.1, 0.15) is 6.92 Å². The first kappa shape index (κ1) is 5.94. The molecule has 0 saturated carbocycles. The van der Waals surface area contributed by atoms with Gasteiger partial charge in [0, 0.05) is 5.70 Å². The molecule has 0 amide bonds. The smallest absolute Gasteiger partial charge is 0.143 e. The van der Waals surface area contributed by atoms with Crippen LogP contribution in [-0.4, -0.2) is 10.5 Å². The highest BCUT2D eigenvalue weighted by molar-refractivity contribution is 8.02. The van der Waals surface area contributed by atoms with Crippen molar-refractivity contribution in [2.75, 3.05) is 0 Å². The third-order valence-corrected chi connectivity index (χ3v) is 2.04. The number of hydrogen-bond donors (Lipinski definition) is 2. The zero-order valence-electron chi connectivity index (χ0n) is 4.66. The van der Waals surface area contributed by atoms with Gasteiger partial charge >= 0.3 is 0 Å². The highest BCUT2D eigenvalue weighted by Crippen LogP contribution is 2.22. The van der Waals surface area contributed by atoms with Crippen LogP contribution in [0.15, 0.2) is 11.1 Å². The van der Waals surface area contributed by atoms with E-state index in [2.05, 4.69) is 0 Å². The van der Waals surface area contributed by atoms with Gasteiger partial charge in [-0.2, -0.15) is 0 Å². The lowest BCUT2D eigenvalue weighted by atomic mass is 10.6. The Kier molecular flexibility index (Phi) is 1.46. The van der Waals surface area contributed by atoms with Crippen molar-refractivity contribution in [3.8, 4) is 0 Å². The Morgan fingerprint density at radius 1 is 1.88 bits per heavy atom. The lowest BCUT2D eigenvalue weighted by Crippen LogP contribution is -2.39. The SMILES string of the molecule is CC1=CSC(N)N1N. The minimum Gasteiger partial charge on any atom is -0.301 e. The van der Waals surface area contributed by atoms with Crippen molar-refractivity contribution in [2.45, 2.75) is 12.4 Å². The summed E-state index contributed by atoms with van der Waals surface area (Å²) >= 11 is 1.53. The van der Waals surface area contributed by atoms with Crippen LogP contribution in [0.5, 0.6) is 0 Å². The molecule has 0 spiro atoms. The molecule has 1 heterocycles. The number of thioether (sulfide) groups is 1. The van der Waals surface area contributed by atoms with Crippen LogP contribution in [0.3, 0.4) is 0 Å². The summed E-state index contributed by atoms with van der Waals surface area (Å²) in [6, 6.07) is 0. The van der Waals surface area contributed by atoms with Gasteiger partial charge in [0.15, 0.2) is 0 Å². The van der Waals surface area contributed by atoms with E-state index in [1.54, 1.807) is 5.01 Å². The Morgan fingerprint density at radius 2 is 2.50 bits per heavy atom. The topological polar surface area (TPSA) is 55.3 Å². The second kappa shape index (κ2) is 1.97. The van der Waals surface area contributed by atoms with Gasteiger partial charge in [-0.25, -0.2) is 5.84 Å². The quantitative estimate of drug-likeness (QED) is 0.455. The summed E-state index contributed by atoms with van der Waals surface area (Å²) in [5.41, 5.74) is 6.44. The van der Waals surface area contributed by atoms with Gasteiger partial charge in [0.1, 0.15) is 5.50 Å². The van der Waals surface area contributed by atoms with Crippen molar-refractivity contribution >= 4 is 11.8 Å². The molecule has 3 nitrogen and oxygen atoms in total. The Morgan fingerprint density at radius 3 is 2.62 bits per heavy atom. The van der Waals surface area contributed by atoms with E-state index in [9.17, 15) is 0 Å². The zero-order valence-corrected chi connectivity index (χ0v) is 5.48. The fraction of sp³-hybridized carbons (Fsp3) is 0.500. The highest BCUT2D eigenvalue weighted by atomic mass is 32.2. The van der Waals surface area contributed by atoms with E-state index in [1.807, 2.05) is 12.3 Å². The van der Waals surface area contributed by atoms with E-state index < -0.39 is 0 Å². The second-order valence-electron chi connectivity index (χ2n) is 1.69. The van der Waals surface area contributed by atoms with E-state index in [1.165, 1.54) is 11.8 Å². The molecule has 1 rings (SSSR count). The normalized spacial score (nSPS) is 28.6. The van der Waals surface area contributed by atoms with Gasteiger partial charge in [-0.3, -0.25) is 5.01 Å². The van der Waals surface area contributed by atoms with Gasteiger partial charge in [0.2, 0.25) is 0 Å². The average molecular weight is 131 g/mol. The molecule has 1 atom stereocenters. The Bertz CT molecular complexity index is 122. The number of nitrogens with zero attached hydrogens (tertiary/aromatic N) is 1. The van der Waals surface area contributed by atoms with Crippen molar-refractivity contribution in [2.24, 2.45) is 11.6 Å². The van der Waals surface area contributed by atoms with Crippen molar-refractivity contribution in [1.82, 2.24) is 5.01 Å². The minimum absolute atomic E-state index is 0.0741. The largest absolute Gasteiger partial charge is 0.301 e. The van der Waals surface area contributed by atoms with Crippen molar-refractivity contribution in [3.63, 3.8) is 0 Å². The summed E-state index contributed by atoms with van der Waals surface area (Å²) in [7, 11) is 0. The summed E-state index contributed by atoms with van der Waals surface area (Å²) in [6.07, 6.45) is 0. The molecule has 0 aromatic heterocycles. The molecule has 0 aromatic carbocycles. The van der Waals surface area contributed by atoms with Gasteiger partial charge in [-0.15, -0.1) is 0 Å². The first-order valence-electron chi connectivity index (χ1n) is 2.33. The molecule has 0 radical (unpaired) electrons. The minimum atomic E-state index is -0.0741. The van der Waals surface area contributed by atoms with Crippen molar-refractivity contribution in [1.29, 1.82) is 0 Å². The van der Waals surface area contributed by atoms with Gasteiger partial charge in [0.05, 0.1) is 0 Å². The molecule has 4 heteroatoms. The lowest BCUT2D eigenvalue weighted by Gasteiger charge is -2.16. The number of hydrazine groups is 1. The van der Waals surface area contributed by atoms with Crippen LogP contribution in [0.25, 0.3) is 0 Å². The highest BCUT2D eigenvalue weighted by Gasteiger charge is 2.15. The summed E-state index contributed by atoms with van der Waals surface area (Å²) in [4.78, 5) is 0. The Balaban J connectivity index is 2.59. The summed E-state index contributed by atoms with van der Waals surface area (Å²) < 4.78 is 0. The number of nitrogens with two attached hydrogens (primary N) is 2. The van der Waals surface area contributed by atoms with Crippen LogP contribution < -0.4 is 11.6 Å². The first-order valence-corrected chi connectivity index (χ1v) is 3.28.